The van der Waals surface area contributed by atoms with Crippen LogP contribution >= 0.6 is 23.2 Å². The van der Waals surface area contributed by atoms with Gasteiger partial charge in [0.2, 0.25) is 0 Å². The lowest BCUT2D eigenvalue weighted by Gasteiger charge is -2.20. The van der Waals surface area contributed by atoms with Crippen molar-refractivity contribution in [3.8, 4) is 0 Å². The van der Waals surface area contributed by atoms with Crippen molar-refractivity contribution >= 4 is 23.2 Å². The molecule has 19 heavy (non-hydrogen) atoms. The average molecular weight is 295 g/mol. The summed E-state index contributed by atoms with van der Waals surface area (Å²) < 4.78 is 0. The zero-order valence-corrected chi connectivity index (χ0v) is 12.5. The SMILES string of the molecule is CCNC(c1cncc(C)c1)c1ccc(Cl)cc1Cl. The Morgan fingerprint density at radius 3 is 2.63 bits per heavy atom. The standard InChI is InChI=1S/C15H16Cl2N2/c1-3-19-15(11-6-10(2)8-18-9-11)13-5-4-12(16)7-14(13)17/h4-9,15,19H,3H2,1-2H3. The van der Waals surface area contributed by atoms with E-state index in [1.807, 2.05) is 31.5 Å². The van der Waals surface area contributed by atoms with Gasteiger partial charge in [-0.1, -0.05) is 42.3 Å². The third-order valence-electron chi connectivity index (χ3n) is 2.91. The highest BCUT2D eigenvalue weighted by molar-refractivity contribution is 6.35. The van der Waals surface area contributed by atoms with Gasteiger partial charge in [-0.3, -0.25) is 4.98 Å². The predicted molar refractivity (Wildman–Crippen MR) is 81.0 cm³/mol. The minimum atomic E-state index is 0.0298. The molecule has 2 nitrogen and oxygen atoms in total. The number of benzene rings is 1. The van der Waals surface area contributed by atoms with Gasteiger partial charge in [-0.25, -0.2) is 0 Å². The van der Waals surface area contributed by atoms with Crippen molar-refractivity contribution in [2.45, 2.75) is 19.9 Å². The number of nitrogens with one attached hydrogen (secondary N) is 1. The average Bonchev–Trinajstić information content (AvgIpc) is 2.37. The first-order chi connectivity index (χ1) is 9.11. The minimum absolute atomic E-state index is 0.0298. The Labute approximate surface area is 123 Å². The van der Waals surface area contributed by atoms with Gasteiger partial charge in [0.25, 0.3) is 0 Å². The van der Waals surface area contributed by atoms with Gasteiger partial charge in [-0.15, -0.1) is 0 Å². The van der Waals surface area contributed by atoms with Crippen LogP contribution in [-0.4, -0.2) is 11.5 Å². The quantitative estimate of drug-likeness (QED) is 0.904. The number of pyridine rings is 1. The number of halogens is 2. The zero-order chi connectivity index (χ0) is 13.8. The van der Waals surface area contributed by atoms with E-state index in [1.54, 1.807) is 6.07 Å². The highest BCUT2D eigenvalue weighted by Gasteiger charge is 2.16. The van der Waals surface area contributed by atoms with Crippen LogP contribution in [0.2, 0.25) is 10.0 Å². The van der Waals surface area contributed by atoms with E-state index in [0.717, 1.165) is 23.2 Å². The molecule has 1 aromatic heterocycles. The number of hydrogen-bond donors (Lipinski definition) is 1. The second-order valence-corrected chi connectivity index (χ2v) is 5.30. The van der Waals surface area contributed by atoms with Crippen molar-refractivity contribution in [2.75, 3.05) is 6.54 Å². The molecule has 0 saturated carbocycles. The van der Waals surface area contributed by atoms with Crippen molar-refractivity contribution in [3.05, 3.63) is 63.4 Å². The Kier molecular flexibility index (Phi) is 4.81. The van der Waals surface area contributed by atoms with E-state index in [4.69, 9.17) is 23.2 Å². The van der Waals surface area contributed by atoms with Gasteiger partial charge < -0.3 is 5.32 Å². The van der Waals surface area contributed by atoms with Crippen LogP contribution < -0.4 is 5.32 Å². The van der Waals surface area contributed by atoms with Crippen molar-refractivity contribution in [1.82, 2.24) is 10.3 Å². The van der Waals surface area contributed by atoms with Crippen LogP contribution in [0.15, 0.2) is 36.7 Å². The third-order valence-corrected chi connectivity index (χ3v) is 3.47. The number of rotatable bonds is 4. The zero-order valence-electron chi connectivity index (χ0n) is 11.0. The fraction of sp³-hybridized carbons (Fsp3) is 0.267. The van der Waals surface area contributed by atoms with Gasteiger partial charge in [0.15, 0.2) is 0 Å². The Morgan fingerprint density at radius 1 is 1.21 bits per heavy atom. The van der Waals surface area contributed by atoms with Crippen LogP contribution in [0, 0.1) is 6.92 Å². The van der Waals surface area contributed by atoms with Gasteiger partial charge in [0, 0.05) is 22.4 Å². The molecule has 2 rings (SSSR count). The lowest BCUT2D eigenvalue weighted by Crippen LogP contribution is -2.22. The van der Waals surface area contributed by atoms with Gasteiger partial charge in [0.1, 0.15) is 0 Å². The molecule has 0 bridgehead atoms. The van der Waals surface area contributed by atoms with Crippen LogP contribution in [0.3, 0.4) is 0 Å². The molecule has 0 aliphatic rings. The number of nitrogens with zero attached hydrogens (tertiary/aromatic N) is 1. The van der Waals surface area contributed by atoms with Crippen molar-refractivity contribution in [3.63, 3.8) is 0 Å². The summed E-state index contributed by atoms with van der Waals surface area (Å²) in [5.74, 6) is 0. The molecule has 1 heterocycles. The molecule has 0 amide bonds. The first-order valence-corrected chi connectivity index (χ1v) is 6.97. The first-order valence-electron chi connectivity index (χ1n) is 6.21. The Bertz CT molecular complexity index is 570. The molecule has 0 spiro atoms. The molecule has 2 aromatic rings. The van der Waals surface area contributed by atoms with Crippen LogP contribution in [0.5, 0.6) is 0 Å². The van der Waals surface area contributed by atoms with Crippen molar-refractivity contribution in [2.24, 2.45) is 0 Å². The van der Waals surface area contributed by atoms with E-state index >= 15 is 0 Å². The summed E-state index contributed by atoms with van der Waals surface area (Å²) in [4.78, 5) is 4.25. The number of hydrogen-bond acceptors (Lipinski definition) is 2. The number of aryl methyl sites for hydroxylation is 1. The van der Waals surface area contributed by atoms with E-state index in [-0.39, 0.29) is 6.04 Å². The topological polar surface area (TPSA) is 24.9 Å². The maximum Gasteiger partial charge on any atom is 0.0606 e. The number of aromatic nitrogens is 1. The molecule has 1 N–H and O–H groups in total. The van der Waals surface area contributed by atoms with Crippen LogP contribution in [0.4, 0.5) is 0 Å². The molecule has 1 atom stereocenters. The maximum absolute atomic E-state index is 6.30. The molecule has 0 aliphatic heterocycles. The highest BCUT2D eigenvalue weighted by atomic mass is 35.5. The Hall–Kier alpha value is -1.09. The van der Waals surface area contributed by atoms with Gasteiger partial charge in [0.05, 0.1) is 6.04 Å². The normalized spacial score (nSPS) is 12.4. The van der Waals surface area contributed by atoms with Gasteiger partial charge in [-0.05, 0) is 42.3 Å². The summed E-state index contributed by atoms with van der Waals surface area (Å²) >= 11 is 12.3. The second kappa shape index (κ2) is 6.38. The monoisotopic (exact) mass is 294 g/mol. The molecular formula is C15H16Cl2N2. The maximum atomic E-state index is 6.30. The summed E-state index contributed by atoms with van der Waals surface area (Å²) in [5.41, 5.74) is 3.25. The highest BCUT2D eigenvalue weighted by Crippen LogP contribution is 2.30. The summed E-state index contributed by atoms with van der Waals surface area (Å²) in [5, 5.41) is 4.75. The summed E-state index contributed by atoms with van der Waals surface area (Å²) in [6.45, 7) is 4.95. The van der Waals surface area contributed by atoms with Crippen LogP contribution in [0.25, 0.3) is 0 Å². The van der Waals surface area contributed by atoms with E-state index in [0.29, 0.717) is 10.0 Å². The molecule has 0 saturated heterocycles. The third kappa shape index (κ3) is 3.47. The van der Waals surface area contributed by atoms with Gasteiger partial charge >= 0.3 is 0 Å². The summed E-state index contributed by atoms with van der Waals surface area (Å²) in [7, 11) is 0. The van der Waals surface area contributed by atoms with E-state index in [1.165, 1.54) is 0 Å². The van der Waals surface area contributed by atoms with E-state index < -0.39 is 0 Å². The van der Waals surface area contributed by atoms with E-state index in [9.17, 15) is 0 Å². The van der Waals surface area contributed by atoms with Crippen molar-refractivity contribution in [1.29, 1.82) is 0 Å². The fourth-order valence-electron chi connectivity index (χ4n) is 2.08. The summed E-state index contributed by atoms with van der Waals surface area (Å²) in [6, 6.07) is 7.73. The van der Waals surface area contributed by atoms with Crippen LogP contribution in [-0.2, 0) is 0 Å². The molecular weight excluding hydrogens is 279 g/mol. The van der Waals surface area contributed by atoms with Crippen LogP contribution in [0.1, 0.15) is 29.7 Å². The fourth-order valence-corrected chi connectivity index (χ4v) is 2.60. The molecule has 1 aromatic carbocycles. The molecule has 0 aliphatic carbocycles. The molecule has 4 heteroatoms. The molecule has 0 radical (unpaired) electrons. The lowest BCUT2D eigenvalue weighted by molar-refractivity contribution is 0.628. The van der Waals surface area contributed by atoms with Crippen molar-refractivity contribution < 1.29 is 0 Å². The smallest absolute Gasteiger partial charge is 0.0606 e. The van der Waals surface area contributed by atoms with Gasteiger partial charge in [-0.2, -0.15) is 0 Å². The molecule has 0 fully saturated rings. The Balaban J connectivity index is 2.45. The minimum Gasteiger partial charge on any atom is -0.306 e. The first kappa shape index (κ1) is 14.3. The molecule has 1 unspecified atom stereocenters. The Morgan fingerprint density at radius 2 is 2.00 bits per heavy atom. The predicted octanol–water partition coefficient (Wildman–Crippen LogP) is 4.40. The second-order valence-electron chi connectivity index (χ2n) is 4.45. The summed E-state index contributed by atoms with van der Waals surface area (Å²) in [6.07, 6.45) is 3.71. The molecule has 100 valence electrons. The lowest BCUT2D eigenvalue weighted by atomic mass is 9.99. The largest absolute Gasteiger partial charge is 0.306 e. The van der Waals surface area contributed by atoms with E-state index in [2.05, 4.69) is 23.3 Å².